The molecule has 0 fully saturated rings. The zero-order valence-electron chi connectivity index (χ0n) is 28.5. The number of amides is 4. The molecule has 0 saturated carbocycles. The third kappa shape index (κ3) is 9.95. The number of rotatable bonds is 8. The van der Waals surface area contributed by atoms with Crippen LogP contribution in [0.2, 0.25) is 0 Å². The van der Waals surface area contributed by atoms with Crippen molar-refractivity contribution in [1.82, 2.24) is 9.80 Å². The number of anilines is 2. The van der Waals surface area contributed by atoms with E-state index < -0.39 is 12.1 Å². The average molecular weight is 661 g/mol. The van der Waals surface area contributed by atoms with Gasteiger partial charge in [-0.3, -0.25) is 9.59 Å². The molecule has 11 heteroatoms. The normalized spacial score (nSPS) is 19.6. The zero-order valence-corrected chi connectivity index (χ0v) is 28.5. The third-order valence-electron chi connectivity index (χ3n) is 8.49. The lowest BCUT2D eigenvalue weighted by Gasteiger charge is -2.35. The topological polar surface area (TPSA) is 130 Å². The number of carbonyl (C=O) groups is 3. The molecule has 0 aliphatic carbocycles. The molecule has 3 aromatic rings. The van der Waals surface area contributed by atoms with E-state index in [4.69, 9.17) is 14.2 Å². The summed E-state index contributed by atoms with van der Waals surface area (Å²) in [6.07, 6.45) is 1.80. The van der Waals surface area contributed by atoms with Gasteiger partial charge >= 0.3 is 6.03 Å². The number of aliphatic hydroxyl groups is 1. The zero-order chi connectivity index (χ0) is 34.6. The maximum Gasteiger partial charge on any atom is 0.321 e. The van der Waals surface area contributed by atoms with Crippen molar-refractivity contribution >= 4 is 29.2 Å². The van der Waals surface area contributed by atoms with Gasteiger partial charge in [-0.05, 0) is 87.7 Å². The lowest BCUT2D eigenvalue weighted by atomic mass is 10.0. The Hall–Kier alpha value is -4.61. The molecule has 4 atom stereocenters. The quantitative estimate of drug-likeness (QED) is 0.274. The van der Waals surface area contributed by atoms with E-state index in [1.807, 2.05) is 19.9 Å². The fourth-order valence-corrected chi connectivity index (χ4v) is 5.50. The van der Waals surface area contributed by atoms with Crippen LogP contribution in [0.1, 0.15) is 60.7 Å². The number of likely N-dealkylation sites (N-methyl/N-ethyl adjacent to an activating group) is 1. The summed E-state index contributed by atoms with van der Waals surface area (Å²) in [6, 6.07) is 20.2. The number of urea groups is 1. The molecule has 3 aromatic carbocycles. The Balaban J connectivity index is 1.58. The van der Waals surface area contributed by atoms with Crippen LogP contribution in [0.25, 0.3) is 0 Å². The Morgan fingerprint density at radius 1 is 1.02 bits per heavy atom. The summed E-state index contributed by atoms with van der Waals surface area (Å²) in [5.74, 6) is 0.241. The van der Waals surface area contributed by atoms with Gasteiger partial charge in [-0.1, -0.05) is 25.1 Å². The molecule has 0 radical (unpaired) electrons. The van der Waals surface area contributed by atoms with Crippen molar-refractivity contribution in [1.29, 1.82) is 0 Å². The van der Waals surface area contributed by atoms with Crippen LogP contribution < -0.4 is 20.1 Å². The van der Waals surface area contributed by atoms with E-state index in [-0.39, 0.29) is 55.1 Å². The average Bonchev–Trinajstić information content (AvgIpc) is 3.10. The lowest BCUT2D eigenvalue weighted by Crippen LogP contribution is -2.48. The standard InChI is InChI=1S/C37H48N4O7/c1-25-22-41(26(2)24-42)36(44)32-21-30(38-35(43)28-12-7-6-8-13-28)16-19-33(32)48-27(3)11-9-10-20-47-34(25)23-40(4)37(45)39-29-14-17-31(46-5)18-15-29/h6-8,12-19,21,25-27,34,42H,9-11,20,22-24H2,1-5H3,(H,38,43)(H,39,45)/t25-,26+,27-,34+/m0/s1. The smallest absolute Gasteiger partial charge is 0.321 e. The van der Waals surface area contributed by atoms with Crippen LogP contribution in [0.3, 0.4) is 0 Å². The van der Waals surface area contributed by atoms with E-state index in [1.54, 1.807) is 97.6 Å². The summed E-state index contributed by atoms with van der Waals surface area (Å²) in [4.78, 5) is 43.6. The summed E-state index contributed by atoms with van der Waals surface area (Å²) in [5.41, 5.74) is 1.86. The van der Waals surface area contributed by atoms with E-state index in [0.717, 1.165) is 19.3 Å². The number of aliphatic hydroxyl groups excluding tert-OH is 1. The van der Waals surface area contributed by atoms with E-state index in [2.05, 4.69) is 10.6 Å². The molecule has 1 heterocycles. The second-order valence-electron chi connectivity index (χ2n) is 12.4. The summed E-state index contributed by atoms with van der Waals surface area (Å²) in [5, 5.41) is 16.0. The number of benzene rings is 3. The molecule has 4 rings (SSSR count). The first-order chi connectivity index (χ1) is 23.1. The van der Waals surface area contributed by atoms with Crippen molar-refractivity contribution in [3.05, 3.63) is 83.9 Å². The molecular weight excluding hydrogens is 612 g/mol. The number of methoxy groups -OCH3 is 1. The highest BCUT2D eigenvalue weighted by molar-refractivity contribution is 6.05. The number of hydrogen-bond acceptors (Lipinski definition) is 7. The minimum absolute atomic E-state index is 0.185. The van der Waals surface area contributed by atoms with E-state index >= 15 is 0 Å². The van der Waals surface area contributed by atoms with Crippen LogP contribution in [0, 0.1) is 5.92 Å². The molecule has 48 heavy (non-hydrogen) atoms. The van der Waals surface area contributed by atoms with Gasteiger partial charge in [0.15, 0.2) is 0 Å². The number of nitrogens with zero attached hydrogens (tertiary/aromatic N) is 2. The van der Waals surface area contributed by atoms with Crippen LogP contribution in [0.5, 0.6) is 11.5 Å². The fourth-order valence-electron chi connectivity index (χ4n) is 5.50. The molecule has 0 unspecified atom stereocenters. The minimum Gasteiger partial charge on any atom is -0.497 e. The molecule has 258 valence electrons. The van der Waals surface area contributed by atoms with E-state index in [0.29, 0.717) is 35.0 Å². The Labute approximate surface area is 283 Å². The van der Waals surface area contributed by atoms with Crippen LogP contribution in [-0.2, 0) is 4.74 Å². The maximum atomic E-state index is 14.4. The molecule has 11 nitrogen and oxygen atoms in total. The predicted molar refractivity (Wildman–Crippen MR) is 186 cm³/mol. The molecular formula is C37H48N4O7. The van der Waals surface area contributed by atoms with Gasteiger partial charge in [0.25, 0.3) is 11.8 Å². The molecule has 4 amide bonds. The molecule has 1 aliphatic rings. The Morgan fingerprint density at radius 3 is 2.42 bits per heavy atom. The van der Waals surface area contributed by atoms with Gasteiger partial charge in [0.1, 0.15) is 11.5 Å². The van der Waals surface area contributed by atoms with Crippen molar-refractivity contribution in [2.24, 2.45) is 5.92 Å². The number of hydrogen-bond donors (Lipinski definition) is 3. The molecule has 3 N–H and O–H groups in total. The Bertz CT molecular complexity index is 1500. The molecule has 1 aliphatic heterocycles. The van der Waals surface area contributed by atoms with E-state index in [9.17, 15) is 19.5 Å². The molecule has 0 aromatic heterocycles. The third-order valence-corrected chi connectivity index (χ3v) is 8.49. The van der Waals surface area contributed by atoms with Crippen LogP contribution in [0.4, 0.5) is 16.2 Å². The largest absolute Gasteiger partial charge is 0.497 e. The Morgan fingerprint density at radius 2 is 1.73 bits per heavy atom. The van der Waals surface area contributed by atoms with Gasteiger partial charge in [0.2, 0.25) is 0 Å². The van der Waals surface area contributed by atoms with Gasteiger partial charge < -0.3 is 39.8 Å². The second-order valence-corrected chi connectivity index (χ2v) is 12.4. The minimum atomic E-state index is -0.530. The number of fused-ring (bicyclic) bond motifs is 1. The van der Waals surface area contributed by atoms with Crippen molar-refractivity contribution in [3.8, 4) is 11.5 Å². The number of ether oxygens (including phenoxy) is 3. The summed E-state index contributed by atoms with van der Waals surface area (Å²) < 4.78 is 17.9. The Kier molecular flexibility index (Phi) is 13.2. The highest BCUT2D eigenvalue weighted by Gasteiger charge is 2.31. The lowest BCUT2D eigenvalue weighted by molar-refractivity contribution is -0.0115. The fraction of sp³-hybridized carbons (Fsp3) is 0.432. The first-order valence-corrected chi connectivity index (χ1v) is 16.5. The van der Waals surface area contributed by atoms with Crippen molar-refractivity contribution < 1.29 is 33.7 Å². The van der Waals surface area contributed by atoms with Gasteiger partial charge in [-0.25, -0.2) is 4.79 Å². The van der Waals surface area contributed by atoms with Gasteiger partial charge in [-0.15, -0.1) is 0 Å². The van der Waals surface area contributed by atoms with Crippen molar-refractivity contribution in [2.75, 3.05) is 51.1 Å². The van der Waals surface area contributed by atoms with Gasteiger partial charge in [-0.2, -0.15) is 0 Å². The van der Waals surface area contributed by atoms with Crippen molar-refractivity contribution in [2.45, 2.75) is 58.3 Å². The van der Waals surface area contributed by atoms with Gasteiger partial charge in [0.05, 0.1) is 37.5 Å². The van der Waals surface area contributed by atoms with Crippen molar-refractivity contribution in [3.63, 3.8) is 0 Å². The number of carbonyl (C=O) groups excluding carboxylic acids is 3. The van der Waals surface area contributed by atoms with Crippen LogP contribution in [0.15, 0.2) is 72.8 Å². The highest BCUT2D eigenvalue weighted by atomic mass is 16.5. The summed E-state index contributed by atoms with van der Waals surface area (Å²) in [7, 11) is 3.29. The monoisotopic (exact) mass is 660 g/mol. The van der Waals surface area contributed by atoms with Crippen LogP contribution in [-0.4, -0.2) is 91.5 Å². The van der Waals surface area contributed by atoms with Gasteiger partial charge in [0, 0.05) is 49.6 Å². The predicted octanol–water partition coefficient (Wildman–Crippen LogP) is 5.91. The summed E-state index contributed by atoms with van der Waals surface area (Å²) >= 11 is 0. The second kappa shape index (κ2) is 17.5. The maximum absolute atomic E-state index is 14.4. The molecule has 0 saturated heterocycles. The molecule has 0 bridgehead atoms. The first kappa shape index (κ1) is 36.2. The SMILES string of the molecule is COc1ccc(NC(=O)N(C)C[C@H]2OCCCC[C@H](C)Oc3ccc(NC(=O)c4ccccc4)cc3C(=O)N([C@H](C)CO)C[C@@H]2C)cc1. The number of nitrogens with one attached hydrogen (secondary N) is 2. The molecule has 0 spiro atoms. The first-order valence-electron chi connectivity index (χ1n) is 16.5. The highest BCUT2D eigenvalue weighted by Crippen LogP contribution is 2.29. The van der Waals surface area contributed by atoms with E-state index in [1.165, 1.54) is 0 Å². The summed E-state index contributed by atoms with van der Waals surface area (Å²) in [6.45, 7) is 6.47. The van der Waals surface area contributed by atoms with Crippen LogP contribution >= 0.6 is 0 Å².